The van der Waals surface area contributed by atoms with Crippen LogP contribution in [0.1, 0.15) is 49.5 Å². The van der Waals surface area contributed by atoms with Gasteiger partial charge in [0, 0.05) is 11.5 Å². The SMILES string of the molecule is C#CCOc1cc(-n2nc(C(C)(C)C)oc2=O)c(Cl)cc1Cl.C[C@H](OC(=O)c1cc(Oc2ccc(C(F)(F)F)cc2Cl)ccc1Cl)C(=O)O. The lowest BCUT2D eigenvalue weighted by Gasteiger charge is -2.13. The number of ether oxygens (including phenoxy) is 3. The number of nitrogens with zero attached hydrogens (tertiary/aromatic N) is 2. The molecule has 4 aromatic rings. The van der Waals surface area contributed by atoms with E-state index in [1.807, 2.05) is 20.8 Å². The lowest BCUT2D eigenvalue weighted by Crippen LogP contribution is -2.23. The zero-order valence-electron chi connectivity index (χ0n) is 25.8. The fourth-order valence-corrected chi connectivity index (χ4v) is 4.46. The molecule has 0 spiro atoms. The van der Waals surface area contributed by atoms with Crippen LogP contribution >= 0.6 is 46.4 Å². The summed E-state index contributed by atoms with van der Waals surface area (Å²) in [7, 11) is 0. The van der Waals surface area contributed by atoms with E-state index in [1.165, 1.54) is 24.3 Å². The molecule has 0 bridgehead atoms. The predicted octanol–water partition coefficient (Wildman–Crippen LogP) is 8.88. The number of rotatable bonds is 8. The lowest BCUT2D eigenvalue weighted by atomic mass is 9.97. The Kier molecular flexibility index (Phi) is 12.7. The number of hydrogen-bond donors (Lipinski definition) is 1. The van der Waals surface area contributed by atoms with Gasteiger partial charge < -0.3 is 23.7 Å². The third-order valence-electron chi connectivity index (χ3n) is 6.01. The number of terminal acetylenes is 1. The number of halogens is 7. The minimum atomic E-state index is -4.56. The van der Waals surface area contributed by atoms with Gasteiger partial charge in [0.15, 0.2) is 6.10 Å². The van der Waals surface area contributed by atoms with Crippen LogP contribution in [0, 0.1) is 12.3 Å². The maximum absolute atomic E-state index is 12.7. The molecule has 0 radical (unpaired) electrons. The van der Waals surface area contributed by atoms with Gasteiger partial charge in [-0.05, 0) is 49.4 Å². The topological polar surface area (TPSA) is 130 Å². The summed E-state index contributed by atoms with van der Waals surface area (Å²) in [5.41, 5.74) is -1.22. The van der Waals surface area contributed by atoms with Gasteiger partial charge in [-0.1, -0.05) is 73.1 Å². The Morgan fingerprint density at radius 2 is 1.63 bits per heavy atom. The van der Waals surface area contributed by atoms with Crippen LogP contribution in [0.5, 0.6) is 17.2 Å². The fraction of sp³-hybridized carbons (Fsp3) is 0.250. The van der Waals surface area contributed by atoms with Gasteiger partial charge >= 0.3 is 23.9 Å². The molecule has 1 atom stereocenters. The van der Waals surface area contributed by atoms with Gasteiger partial charge in [-0.3, -0.25) is 0 Å². The first-order valence-electron chi connectivity index (χ1n) is 13.7. The van der Waals surface area contributed by atoms with E-state index >= 15 is 0 Å². The highest BCUT2D eigenvalue weighted by Crippen LogP contribution is 2.37. The number of benzene rings is 3. The van der Waals surface area contributed by atoms with Crippen molar-refractivity contribution >= 4 is 58.3 Å². The molecule has 0 amide bonds. The number of carbonyl (C=O) groups is 2. The predicted molar refractivity (Wildman–Crippen MR) is 176 cm³/mol. The largest absolute Gasteiger partial charge is 0.479 e. The number of alkyl halides is 3. The van der Waals surface area contributed by atoms with E-state index in [0.717, 1.165) is 29.8 Å². The maximum atomic E-state index is 12.7. The Labute approximate surface area is 297 Å². The van der Waals surface area contributed by atoms with Crippen molar-refractivity contribution in [3.63, 3.8) is 0 Å². The highest BCUT2D eigenvalue weighted by Gasteiger charge is 2.31. The maximum Gasteiger partial charge on any atom is 0.442 e. The van der Waals surface area contributed by atoms with Crippen LogP contribution in [0.2, 0.25) is 20.1 Å². The zero-order chi connectivity index (χ0) is 36.8. The molecule has 3 aromatic carbocycles. The minimum Gasteiger partial charge on any atom is -0.479 e. The van der Waals surface area contributed by atoms with Crippen molar-refractivity contribution in [2.24, 2.45) is 0 Å². The number of carbonyl (C=O) groups excluding carboxylic acids is 1. The van der Waals surface area contributed by atoms with Crippen molar-refractivity contribution in [1.29, 1.82) is 0 Å². The van der Waals surface area contributed by atoms with Crippen molar-refractivity contribution < 1.29 is 46.5 Å². The molecule has 49 heavy (non-hydrogen) atoms. The summed E-state index contributed by atoms with van der Waals surface area (Å²) < 4.78 is 59.7. The fourth-order valence-electron chi connectivity index (χ4n) is 3.53. The van der Waals surface area contributed by atoms with E-state index in [9.17, 15) is 27.6 Å². The van der Waals surface area contributed by atoms with Gasteiger partial charge in [0.2, 0.25) is 5.89 Å². The molecule has 260 valence electrons. The van der Waals surface area contributed by atoms with E-state index in [4.69, 9.17) is 76.6 Å². The van der Waals surface area contributed by atoms with Crippen molar-refractivity contribution in [3.05, 3.63) is 96.2 Å². The first-order chi connectivity index (χ1) is 22.7. The van der Waals surface area contributed by atoms with Gasteiger partial charge in [0.1, 0.15) is 23.9 Å². The van der Waals surface area contributed by atoms with Crippen LogP contribution in [0.25, 0.3) is 5.69 Å². The Balaban J connectivity index is 0.000000271. The summed E-state index contributed by atoms with van der Waals surface area (Å²) in [4.78, 5) is 34.8. The first kappa shape index (κ1) is 39.1. The number of hydrogen-bond acceptors (Lipinski definition) is 8. The van der Waals surface area contributed by atoms with Gasteiger partial charge in [0.05, 0.1) is 36.9 Å². The molecule has 4 rings (SSSR count). The van der Waals surface area contributed by atoms with Crippen LogP contribution in [0.4, 0.5) is 13.2 Å². The highest BCUT2D eigenvalue weighted by molar-refractivity contribution is 6.36. The molecule has 0 fully saturated rings. The second-order valence-electron chi connectivity index (χ2n) is 10.8. The van der Waals surface area contributed by atoms with Crippen molar-refractivity contribution in [1.82, 2.24) is 9.78 Å². The van der Waals surface area contributed by atoms with Crippen LogP contribution in [-0.2, 0) is 21.1 Å². The van der Waals surface area contributed by atoms with Gasteiger partial charge in [-0.2, -0.15) is 17.9 Å². The summed E-state index contributed by atoms with van der Waals surface area (Å²) in [5, 5.41) is 13.2. The van der Waals surface area contributed by atoms with E-state index in [1.54, 1.807) is 0 Å². The van der Waals surface area contributed by atoms with Gasteiger partial charge in [-0.25, -0.2) is 14.4 Å². The average molecular weight is 764 g/mol. The molecule has 1 heterocycles. The van der Waals surface area contributed by atoms with E-state index in [2.05, 4.69) is 11.0 Å². The Hall–Kier alpha value is -4.35. The smallest absolute Gasteiger partial charge is 0.442 e. The first-order valence-corrected chi connectivity index (χ1v) is 15.2. The molecular weight excluding hydrogens is 739 g/mol. The molecule has 1 aromatic heterocycles. The zero-order valence-corrected chi connectivity index (χ0v) is 28.8. The van der Waals surface area contributed by atoms with Crippen LogP contribution in [0.15, 0.2) is 57.7 Å². The van der Waals surface area contributed by atoms with Gasteiger partial charge in [0.25, 0.3) is 0 Å². The number of carboxylic acids is 1. The molecule has 0 saturated heterocycles. The number of esters is 1. The van der Waals surface area contributed by atoms with Crippen molar-refractivity contribution in [2.45, 2.75) is 45.4 Å². The molecule has 0 saturated carbocycles. The van der Waals surface area contributed by atoms with Crippen molar-refractivity contribution in [3.8, 4) is 35.3 Å². The van der Waals surface area contributed by atoms with E-state index in [0.29, 0.717) is 23.4 Å². The monoisotopic (exact) mass is 762 g/mol. The molecule has 1 N–H and O–H groups in total. The number of aromatic nitrogens is 2. The van der Waals surface area contributed by atoms with E-state index < -0.39 is 41.0 Å². The standard InChI is InChI=1S/C17H11Cl2F3O5.C15H14Cl2N2O3/c1-8(15(23)24)26-16(25)11-7-10(3-4-12(11)18)27-14-5-2-9(6-13(14)19)17(20,21)22;1-5-6-21-12-8-11(9(16)7-10(12)17)19-14(20)22-13(18-19)15(2,3)4/h2-8H,1H3,(H,23,24);1,7-8H,6H2,2-4H3/t8-;/m0./s1. The van der Waals surface area contributed by atoms with Gasteiger partial charge in [-0.15, -0.1) is 11.5 Å². The third kappa shape index (κ3) is 10.3. The number of carboxylic acid groups (broad SMARTS) is 1. The Morgan fingerprint density at radius 3 is 2.18 bits per heavy atom. The van der Waals surface area contributed by atoms with Crippen LogP contribution in [-0.4, -0.2) is 39.5 Å². The summed E-state index contributed by atoms with van der Waals surface area (Å²) in [6.45, 7) is 6.85. The van der Waals surface area contributed by atoms with Crippen molar-refractivity contribution in [2.75, 3.05) is 6.61 Å². The van der Waals surface area contributed by atoms with Crippen LogP contribution in [0.3, 0.4) is 0 Å². The highest BCUT2D eigenvalue weighted by atomic mass is 35.5. The third-order valence-corrected chi connectivity index (χ3v) is 7.23. The second kappa shape index (κ2) is 15.9. The summed E-state index contributed by atoms with van der Waals surface area (Å²) in [6.07, 6.45) is -0.802. The molecule has 0 aliphatic heterocycles. The second-order valence-corrected chi connectivity index (χ2v) is 12.5. The molecular formula is C32H25Cl4F3N2O8. The van der Waals surface area contributed by atoms with Crippen LogP contribution < -0.4 is 15.2 Å². The average Bonchev–Trinajstić information content (AvgIpc) is 3.40. The summed E-state index contributed by atoms with van der Waals surface area (Å²) in [5.74, 6) is -0.0793. The Bertz CT molecular complexity index is 1960. The molecule has 10 nitrogen and oxygen atoms in total. The number of aliphatic carboxylic acids is 1. The molecule has 0 aliphatic carbocycles. The summed E-state index contributed by atoms with van der Waals surface area (Å²) >= 11 is 23.9. The quantitative estimate of drug-likeness (QED) is 0.138. The van der Waals surface area contributed by atoms with E-state index in [-0.39, 0.29) is 43.8 Å². The molecule has 0 aliphatic rings. The lowest BCUT2D eigenvalue weighted by molar-refractivity contribution is -0.146. The normalized spacial score (nSPS) is 11.9. The molecule has 0 unspecified atom stereocenters. The molecule has 17 heteroatoms. The summed E-state index contributed by atoms with van der Waals surface area (Å²) in [6, 6.07) is 9.29. The Morgan fingerprint density at radius 1 is 0.980 bits per heavy atom. The minimum absolute atomic E-state index is 0.0246.